The molecule has 114 valence electrons. The molecule has 0 aromatic carbocycles. The third kappa shape index (κ3) is 3.07. The summed E-state index contributed by atoms with van der Waals surface area (Å²) in [5, 5.41) is 9.94. The summed E-state index contributed by atoms with van der Waals surface area (Å²) < 4.78 is 0. The standard InChI is InChI=1S/C16H23N3O2/c1-11-7-9-19(10-14(11)20)16(21)13-6-8-17-15(18-13)12-4-2-3-5-12/h6,8,11-12,14,20H,2-5,7,9-10H2,1H3. The second-order valence-corrected chi connectivity index (χ2v) is 6.37. The molecule has 1 aromatic rings. The Kier molecular flexibility index (Phi) is 4.19. The molecule has 1 saturated heterocycles. The zero-order valence-corrected chi connectivity index (χ0v) is 12.5. The summed E-state index contributed by atoms with van der Waals surface area (Å²) >= 11 is 0. The van der Waals surface area contributed by atoms with E-state index in [0.29, 0.717) is 24.7 Å². The molecule has 0 radical (unpaired) electrons. The molecule has 2 atom stereocenters. The van der Waals surface area contributed by atoms with Crippen LogP contribution >= 0.6 is 0 Å². The summed E-state index contributed by atoms with van der Waals surface area (Å²) in [7, 11) is 0. The molecule has 21 heavy (non-hydrogen) atoms. The second kappa shape index (κ2) is 6.10. The number of aromatic nitrogens is 2. The van der Waals surface area contributed by atoms with Crippen LogP contribution in [0.4, 0.5) is 0 Å². The van der Waals surface area contributed by atoms with E-state index in [0.717, 1.165) is 25.1 Å². The third-order valence-electron chi connectivity index (χ3n) is 4.82. The molecule has 2 aliphatic rings. The van der Waals surface area contributed by atoms with Gasteiger partial charge in [0.2, 0.25) is 0 Å². The van der Waals surface area contributed by atoms with Gasteiger partial charge in [-0.25, -0.2) is 9.97 Å². The first-order valence-electron chi connectivity index (χ1n) is 7.95. The highest BCUT2D eigenvalue weighted by atomic mass is 16.3. The van der Waals surface area contributed by atoms with Crippen LogP contribution in [0, 0.1) is 5.92 Å². The van der Waals surface area contributed by atoms with Crippen LogP contribution in [-0.2, 0) is 0 Å². The molecule has 2 fully saturated rings. The molecule has 1 saturated carbocycles. The van der Waals surface area contributed by atoms with Crippen molar-refractivity contribution in [3.63, 3.8) is 0 Å². The first kappa shape index (κ1) is 14.4. The number of rotatable bonds is 2. The topological polar surface area (TPSA) is 66.3 Å². The summed E-state index contributed by atoms with van der Waals surface area (Å²) in [4.78, 5) is 23.1. The Morgan fingerprint density at radius 3 is 2.81 bits per heavy atom. The van der Waals surface area contributed by atoms with Gasteiger partial charge in [-0.15, -0.1) is 0 Å². The lowest BCUT2D eigenvalue weighted by atomic mass is 9.96. The van der Waals surface area contributed by atoms with Crippen molar-refractivity contribution >= 4 is 5.91 Å². The molecule has 2 heterocycles. The Morgan fingerprint density at radius 1 is 1.33 bits per heavy atom. The van der Waals surface area contributed by atoms with Gasteiger partial charge in [0, 0.05) is 25.2 Å². The minimum absolute atomic E-state index is 0.0809. The molecular formula is C16H23N3O2. The minimum atomic E-state index is -0.432. The quantitative estimate of drug-likeness (QED) is 0.904. The SMILES string of the molecule is CC1CCN(C(=O)c2ccnc(C3CCCC3)n2)CC1O. The van der Waals surface area contributed by atoms with Gasteiger partial charge >= 0.3 is 0 Å². The smallest absolute Gasteiger partial charge is 0.272 e. The zero-order valence-electron chi connectivity index (χ0n) is 12.5. The first-order valence-corrected chi connectivity index (χ1v) is 7.95. The number of hydrogen-bond acceptors (Lipinski definition) is 4. The number of piperidine rings is 1. The summed E-state index contributed by atoms with van der Waals surface area (Å²) in [5.74, 6) is 1.39. The fourth-order valence-electron chi connectivity index (χ4n) is 3.27. The fraction of sp³-hybridized carbons (Fsp3) is 0.688. The van der Waals surface area contributed by atoms with Gasteiger partial charge in [0.05, 0.1) is 6.10 Å². The summed E-state index contributed by atoms with van der Waals surface area (Å²) in [6, 6.07) is 1.69. The highest BCUT2D eigenvalue weighted by Gasteiger charge is 2.29. The Bertz CT molecular complexity index is 514. The van der Waals surface area contributed by atoms with Crippen molar-refractivity contribution in [2.24, 2.45) is 5.92 Å². The van der Waals surface area contributed by atoms with Crippen LogP contribution in [-0.4, -0.2) is 45.1 Å². The van der Waals surface area contributed by atoms with E-state index in [4.69, 9.17) is 0 Å². The molecule has 0 spiro atoms. The maximum Gasteiger partial charge on any atom is 0.272 e. The van der Waals surface area contributed by atoms with E-state index in [1.807, 2.05) is 6.92 Å². The van der Waals surface area contributed by atoms with E-state index < -0.39 is 6.10 Å². The van der Waals surface area contributed by atoms with Gasteiger partial charge < -0.3 is 10.0 Å². The normalized spacial score (nSPS) is 27.0. The molecule has 2 unspecified atom stereocenters. The van der Waals surface area contributed by atoms with Crippen LogP contribution in [0.1, 0.15) is 61.3 Å². The first-order chi connectivity index (χ1) is 10.1. The van der Waals surface area contributed by atoms with Gasteiger partial charge in [-0.2, -0.15) is 0 Å². The number of amides is 1. The number of nitrogens with zero attached hydrogens (tertiary/aromatic N) is 3. The molecule has 3 rings (SSSR count). The average molecular weight is 289 g/mol. The van der Waals surface area contributed by atoms with Crippen molar-refractivity contribution in [2.75, 3.05) is 13.1 Å². The number of hydrogen-bond donors (Lipinski definition) is 1. The van der Waals surface area contributed by atoms with E-state index in [1.54, 1.807) is 17.2 Å². The van der Waals surface area contributed by atoms with Crippen LogP contribution in [0.2, 0.25) is 0 Å². The Labute approximate surface area is 125 Å². The predicted octanol–water partition coefficient (Wildman–Crippen LogP) is 1.98. The molecular weight excluding hydrogens is 266 g/mol. The number of β-amino-alcohol motifs (C(OH)–C–C–N with tert-alkyl or cyclic N) is 1. The van der Waals surface area contributed by atoms with Crippen molar-refractivity contribution in [3.8, 4) is 0 Å². The summed E-state index contributed by atoms with van der Waals surface area (Å²) in [6.07, 6.45) is 6.79. The van der Waals surface area contributed by atoms with Gasteiger partial charge in [0.15, 0.2) is 0 Å². The van der Waals surface area contributed by atoms with E-state index in [-0.39, 0.29) is 11.8 Å². The van der Waals surface area contributed by atoms with Gasteiger partial charge in [0.1, 0.15) is 11.5 Å². The van der Waals surface area contributed by atoms with Crippen molar-refractivity contribution in [1.82, 2.24) is 14.9 Å². The summed E-state index contributed by atoms with van der Waals surface area (Å²) in [6.45, 7) is 3.12. The lowest BCUT2D eigenvalue weighted by Gasteiger charge is -2.34. The van der Waals surface area contributed by atoms with Crippen molar-refractivity contribution in [1.29, 1.82) is 0 Å². The van der Waals surface area contributed by atoms with Crippen molar-refractivity contribution < 1.29 is 9.90 Å². The molecule has 5 nitrogen and oxygen atoms in total. The van der Waals surface area contributed by atoms with Crippen LogP contribution in [0.5, 0.6) is 0 Å². The highest BCUT2D eigenvalue weighted by molar-refractivity contribution is 5.92. The van der Waals surface area contributed by atoms with Gasteiger partial charge in [-0.1, -0.05) is 19.8 Å². The number of carbonyl (C=O) groups excluding carboxylic acids is 1. The number of aliphatic hydroxyl groups is 1. The molecule has 1 N–H and O–H groups in total. The second-order valence-electron chi connectivity index (χ2n) is 6.37. The molecule has 5 heteroatoms. The Balaban J connectivity index is 1.74. The minimum Gasteiger partial charge on any atom is -0.391 e. The highest BCUT2D eigenvalue weighted by Crippen LogP contribution is 2.32. The van der Waals surface area contributed by atoms with Gasteiger partial charge in [-0.3, -0.25) is 4.79 Å². The Morgan fingerprint density at radius 2 is 2.10 bits per heavy atom. The maximum absolute atomic E-state index is 12.5. The average Bonchev–Trinajstić information content (AvgIpc) is 3.04. The van der Waals surface area contributed by atoms with Gasteiger partial charge in [-0.05, 0) is 31.2 Å². The maximum atomic E-state index is 12.5. The molecule has 0 bridgehead atoms. The van der Waals surface area contributed by atoms with E-state index in [9.17, 15) is 9.90 Å². The van der Waals surface area contributed by atoms with Crippen molar-refractivity contribution in [2.45, 2.75) is 51.0 Å². The van der Waals surface area contributed by atoms with Gasteiger partial charge in [0.25, 0.3) is 5.91 Å². The van der Waals surface area contributed by atoms with Crippen LogP contribution in [0.15, 0.2) is 12.3 Å². The number of carbonyl (C=O) groups is 1. The van der Waals surface area contributed by atoms with Crippen LogP contribution in [0.25, 0.3) is 0 Å². The monoisotopic (exact) mass is 289 g/mol. The molecule has 1 aromatic heterocycles. The fourth-order valence-corrected chi connectivity index (χ4v) is 3.27. The largest absolute Gasteiger partial charge is 0.391 e. The van der Waals surface area contributed by atoms with E-state index in [2.05, 4.69) is 9.97 Å². The molecule has 1 aliphatic heterocycles. The number of aliphatic hydroxyl groups excluding tert-OH is 1. The predicted molar refractivity (Wildman–Crippen MR) is 78.9 cm³/mol. The van der Waals surface area contributed by atoms with Crippen LogP contribution < -0.4 is 0 Å². The van der Waals surface area contributed by atoms with E-state index >= 15 is 0 Å². The molecule has 1 amide bonds. The zero-order chi connectivity index (χ0) is 14.8. The summed E-state index contributed by atoms with van der Waals surface area (Å²) in [5.41, 5.74) is 0.466. The Hall–Kier alpha value is -1.49. The molecule has 1 aliphatic carbocycles. The lowest BCUT2D eigenvalue weighted by Crippen LogP contribution is -2.46. The lowest BCUT2D eigenvalue weighted by molar-refractivity contribution is 0.0245. The van der Waals surface area contributed by atoms with E-state index in [1.165, 1.54) is 12.8 Å². The van der Waals surface area contributed by atoms with Crippen LogP contribution in [0.3, 0.4) is 0 Å². The van der Waals surface area contributed by atoms with Crippen molar-refractivity contribution in [3.05, 3.63) is 23.8 Å². The number of likely N-dealkylation sites (tertiary alicyclic amines) is 1. The third-order valence-corrected chi connectivity index (χ3v) is 4.82.